The number of hydrogen-bond donors (Lipinski definition) is 1. The monoisotopic (exact) mass is 361 g/mol. The Morgan fingerprint density at radius 2 is 1.85 bits per heavy atom. The second-order valence-corrected chi connectivity index (χ2v) is 5.91. The minimum atomic E-state index is -0.643. The Morgan fingerprint density at radius 3 is 2.46 bits per heavy atom. The molecule has 8 nitrogen and oxygen atoms in total. The highest BCUT2D eigenvalue weighted by Gasteiger charge is 2.46. The summed E-state index contributed by atoms with van der Waals surface area (Å²) >= 11 is 0. The van der Waals surface area contributed by atoms with Crippen molar-refractivity contribution < 1.29 is 18.9 Å². The molecule has 1 aromatic heterocycles. The van der Waals surface area contributed by atoms with Crippen molar-refractivity contribution in [3.8, 4) is 0 Å². The highest BCUT2D eigenvalue weighted by Crippen LogP contribution is 2.32. The number of methoxy groups -OCH3 is 3. The summed E-state index contributed by atoms with van der Waals surface area (Å²) in [6.45, 7) is 0.338. The second kappa shape index (κ2) is 8.41. The molecule has 0 aliphatic carbocycles. The SMILES string of the molecule is COC[C@H]1O[C@@H](n2ccc(Nc3ccccc3)nc2=O)C(OC)[C@H]1OC. The van der Waals surface area contributed by atoms with Crippen LogP contribution >= 0.6 is 0 Å². The summed E-state index contributed by atoms with van der Waals surface area (Å²) in [5, 5.41) is 3.10. The highest BCUT2D eigenvalue weighted by atomic mass is 16.6. The highest BCUT2D eigenvalue weighted by molar-refractivity contribution is 5.54. The molecule has 0 radical (unpaired) electrons. The van der Waals surface area contributed by atoms with Crippen LogP contribution in [0.2, 0.25) is 0 Å². The predicted molar refractivity (Wildman–Crippen MR) is 95.6 cm³/mol. The van der Waals surface area contributed by atoms with Crippen LogP contribution in [0.3, 0.4) is 0 Å². The van der Waals surface area contributed by atoms with Crippen molar-refractivity contribution in [2.75, 3.05) is 33.3 Å². The van der Waals surface area contributed by atoms with Crippen LogP contribution in [-0.2, 0) is 18.9 Å². The van der Waals surface area contributed by atoms with E-state index in [1.807, 2.05) is 30.3 Å². The van der Waals surface area contributed by atoms with Gasteiger partial charge in [0.05, 0.1) is 6.61 Å². The van der Waals surface area contributed by atoms with E-state index in [0.717, 1.165) is 5.69 Å². The average Bonchev–Trinajstić information content (AvgIpc) is 3.00. The number of anilines is 2. The lowest BCUT2D eigenvalue weighted by Crippen LogP contribution is -2.38. The van der Waals surface area contributed by atoms with Gasteiger partial charge in [-0.1, -0.05) is 18.2 Å². The number of nitrogens with one attached hydrogen (secondary N) is 1. The molecule has 1 fully saturated rings. The zero-order valence-electron chi connectivity index (χ0n) is 15.0. The minimum Gasteiger partial charge on any atom is -0.382 e. The number of aromatic nitrogens is 2. The molecule has 0 saturated carbocycles. The molecule has 1 aromatic carbocycles. The van der Waals surface area contributed by atoms with Crippen molar-refractivity contribution in [2.24, 2.45) is 0 Å². The maximum atomic E-state index is 12.5. The van der Waals surface area contributed by atoms with Gasteiger partial charge in [0.15, 0.2) is 6.23 Å². The van der Waals surface area contributed by atoms with E-state index in [4.69, 9.17) is 18.9 Å². The summed E-state index contributed by atoms with van der Waals surface area (Å²) in [7, 11) is 4.73. The van der Waals surface area contributed by atoms with Crippen LogP contribution < -0.4 is 11.0 Å². The van der Waals surface area contributed by atoms with Crippen LogP contribution in [0.1, 0.15) is 6.23 Å². The molecule has 1 saturated heterocycles. The molecule has 0 bridgehead atoms. The first-order valence-corrected chi connectivity index (χ1v) is 8.29. The third kappa shape index (κ3) is 3.78. The Kier molecular flexibility index (Phi) is 6.00. The topological polar surface area (TPSA) is 83.8 Å². The normalized spacial score (nSPS) is 25.3. The van der Waals surface area contributed by atoms with Gasteiger partial charge in [-0.2, -0.15) is 4.98 Å². The fraction of sp³-hybridized carbons (Fsp3) is 0.444. The molecule has 0 amide bonds. The number of rotatable bonds is 7. The summed E-state index contributed by atoms with van der Waals surface area (Å²) in [5.74, 6) is 0.459. The fourth-order valence-corrected chi connectivity index (χ4v) is 3.11. The summed E-state index contributed by atoms with van der Waals surface area (Å²) in [6.07, 6.45) is -0.143. The molecule has 2 heterocycles. The predicted octanol–water partition coefficient (Wildman–Crippen LogP) is 1.56. The third-order valence-electron chi connectivity index (χ3n) is 4.31. The van der Waals surface area contributed by atoms with Crippen molar-refractivity contribution in [1.29, 1.82) is 0 Å². The summed E-state index contributed by atoms with van der Waals surface area (Å²) in [4.78, 5) is 16.6. The smallest absolute Gasteiger partial charge is 0.351 e. The van der Waals surface area contributed by atoms with Gasteiger partial charge in [-0.25, -0.2) is 4.79 Å². The molecular weight excluding hydrogens is 338 g/mol. The first-order valence-electron chi connectivity index (χ1n) is 8.29. The maximum Gasteiger partial charge on any atom is 0.351 e. The van der Waals surface area contributed by atoms with Gasteiger partial charge in [0.1, 0.15) is 24.1 Å². The van der Waals surface area contributed by atoms with Crippen LogP contribution in [0.5, 0.6) is 0 Å². The van der Waals surface area contributed by atoms with Crippen LogP contribution in [-0.4, -0.2) is 55.8 Å². The molecule has 0 spiro atoms. The van der Waals surface area contributed by atoms with Crippen LogP contribution in [0.4, 0.5) is 11.5 Å². The maximum absolute atomic E-state index is 12.5. The van der Waals surface area contributed by atoms with Crippen molar-refractivity contribution in [2.45, 2.75) is 24.5 Å². The quantitative estimate of drug-likeness (QED) is 0.801. The minimum absolute atomic E-state index is 0.338. The van der Waals surface area contributed by atoms with Gasteiger partial charge in [0.25, 0.3) is 0 Å². The summed E-state index contributed by atoms with van der Waals surface area (Å²) < 4.78 is 23.6. The number of benzene rings is 1. The molecule has 1 aliphatic rings. The molecular formula is C18H23N3O5. The fourth-order valence-electron chi connectivity index (χ4n) is 3.11. The number of ether oxygens (including phenoxy) is 4. The van der Waals surface area contributed by atoms with Crippen molar-refractivity contribution in [1.82, 2.24) is 9.55 Å². The molecule has 3 rings (SSSR count). The third-order valence-corrected chi connectivity index (χ3v) is 4.31. The average molecular weight is 361 g/mol. The van der Waals surface area contributed by atoms with E-state index in [0.29, 0.717) is 12.4 Å². The largest absolute Gasteiger partial charge is 0.382 e. The number of nitrogens with zero attached hydrogens (tertiary/aromatic N) is 2. The van der Waals surface area contributed by atoms with Gasteiger partial charge in [-0.05, 0) is 18.2 Å². The number of para-hydroxylation sites is 1. The lowest BCUT2D eigenvalue weighted by atomic mass is 10.1. The summed E-state index contributed by atoms with van der Waals surface area (Å²) in [5.41, 5.74) is 0.412. The van der Waals surface area contributed by atoms with Gasteiger partial charge >= 0.3 is 5.69 Å². The standard InChI is InChI=1S/C18H23N3O5/c1-23-11-13-15(24-2)16(25-3)17(26-13)21-10-9-14(20-18(21)22)19-12-7-5-4-6-8-12/h4-10,13,15-17H,11H2,1-3H3,(H,19,20,22)/t13-,15+,16?,17-/m1/s1. The van der Waals surface area contributed by atoms with Gasteiger partial charge in [-0.3, -0.25) is 4.57 Å². The van der Waals surface area contributed by atoms with E-state index < -0.39 is 18.0 Å². The zero-order chi connectivity index (χ0) is 18.5. The molecule has 140 valence electrons. The number of hydrogen-bond acceptors (Lipinski definition) is 7. The molecule has 1 unspecified atom stereocenters. The Morgan fingerprint density at radius 1 is 1.12 bits per heavy atom. The first-order chi connectivity index (χ1) is 12.7. The van der Waals surface area contributed by atoms with Gasteiger partial charge in [0.2, 0.25) is 0 Å². The van der Waals surface area contributed by atoms with Gasteiger partial charge in [0, 0.05) is 33.2 Å². The van der Waals surface area contributed by atoms with E-state index in [2.05, 4.69) is 10.3 Å². The van der Waals surface area contributed by atoms with E-state index in [-0.39, 0.29) is 12.2 Å². The van der Waals surface area contributed by atoms with Crippen molar-refractivity contribution in [3.05, 3.63) is 53.1 Å². The second-order valence-electron chi connectivity index (χ2n) is 5.91. The van der Waals surface area contributed by atoms with Crippen LogP contribution in [0, 0.1) is 0 Å². The first kappa shape index (κ1) is 18.5. The van der Waals surface area contributed by atoms with Crippen LogP contribution in [0.25, 0.3) is 0 Å². The molecule has 2 aromatic rings. The van der Waals surface area contributed by atoms with E-state index in [1.165, 1.54) is 4.57 Å². The molecule has 4 atom stereocenters. The molecule has 1 aliphatic heterocycles. The lowest BCUT2D eigenvalue weighted by molar-refractivity contribution is -0.0672. The van der Waals surface area contributed by atoms with E-state index >= 15 is 0 Å². The van der Waals surface area contributed by atoms with Crippen molar-refractivity contribution >= 4 is 11.5 Å². The van der Waals surface area contributed by atoms with Crippen molar-refractivity contribution in [3.63, 3.8) is 0 Å². The van der Waals surface area contributed by atoms with E-state index in [1.54, 1.807) is 33.6 Å². The van der Waals surface area contributed by atoms with Gasteiger partial charge < -0.3 is 24.3 Å². The lowest BCUT2D eigenvalue weighted by Gasteiger charge is -2.22. The Labute approximate surface area is 151 Å². The zero-order valence-corrected chi connectivity index (χ0v) is 15.0. The Hall–Kier alpha value is -2.26. The molecule has 8 heteroatoms. The Bertz CT molecular complexity index is 767. The summed E-state index contributed by atoms with van der Waals surface area (Å²) in [6, 6.07) is 11.2. The molecule has 26 heavy (non-hydrogen) atoms. The molecule has 1 N–H and O–H groups in total. The van der Waals surface area contributed by atoms with Crippen LogP contribution in [0.15, 0.2) is 47.4 Å². The Balaban J connectivity index is 1.83. The van der Waals surface area contributed by atoms with Gasteiger partial charge in [-0.15, -0.1) is 0 Å². The van der Waals surface area contributed by atoms with E-state index in [9.17, 15) is 4.79 Å².